The molecule has 3 heterocycles. The van der Waals surface area contributed by atoms with Crippen LogP contribution in [0, 0.1) is 6.92 Å². The Hall–Kier alpha value is -2.41. The van der Waals surface area contributed by atoms with Crippen LogP contribution >= 0.6 is 11.3 Å². The van der Waals surface area contributed by atoms with Crippen LogP contribution in [0.2, 0.25) is 0 Å². The number of carbonyl (C=O) groups is 1. The maximum absolute atomic E-state index is 12.3. The van der Waals surface area contributed by atoms with Crippen LogP contribution in [0.15, 0.2) is 29.9 Å². The van der Waals surface area contributed by atoms with Gasteiger partial charge < -0.3 is 14.6 Å². The van der Waals surface area contributed by atoms with E-state index in [9.17, 15) is 4.79 Å². The Morgan fingerprint density at radius 2 is 2.24 bits per heavy atom. The number of hydrogen-bond donors (Lipinski definition) is 1. The molecule has 3 aromatic heterocycles. The van der Waals surface area contributed by atoms with Gasteiger partial charge in [-0.05, 0) is 18.6 Å². The summed E-state index contributed by atoms with van der Waals surface area (Å²) in [5.41, 5.74) is 3.92. The van der Waals surface area contributed by atoms with E-state index < -0.39 is 0 Å². The fourth-order valence-electron chi connectivity index (χ4n) is 2.61. The van der Waals surface area contributed by atoms with Crippen molar-refractivity contribution in [1.82, 2.24) is 24.6 Å². The zero-order valence-electron chi connectivity index (χ0n) is 15.0. The molecular weight excluding hydrogens is 334 g/mol. The van der Waals surface area contributed by atoms with Crippen LogP contribution < -0.4 is 5.32 Å². The summed E-state index contributed by atoms with van der Waals surface area (Å²) in [5, 5.41) is 6.07. The number of hydrogen-bond acceptors (Lipinski definition) is 4. The number of fused-ring (bicyclic) bond motifs is 1. The van der Waals surface area contributed by atoms with Gasteiger partial charge in [-0.2, -0.15) is 0 Å². The number of rotatable bonds is 5. The molecule has 132 valence electrons. The minimum atomic E-state index is -0.123. The van der Waals surface area contributed by atoms with E-state index in [0.29, 0.717) is 19.0 Å². The lowest BCUT2D eigenvalue weighted by atomic mass is 10.2. The normalized spacial score (nSPS) is 11.2. The van der Waals surface area contributed by atoms with E-state index >= 15 is 0 Å². The van der Waals surface area contributed by atoms with Crippen molar-refractivity contribution < 1.29 is 4.79 Å². The summed E-state index contributed by atoms with van der Waals surface area (Å²) < 4.78 is 2.00. The SMILES string of the molecule is Cc1cccn2c(CNC(=O)N(C)Cc3csc(C(C)C)n3)cnc12. The van der Waals surface area contributed by atoms with E-state index in [4.69, 9.17) is 0 Å². The van der Waals surface area contributed by atoms with Crippen molar-refractivity contribution in [2.75, 3.05) is 7.05 Å². The molecule has 0 saturated heterocycles. The van der Waals surface area contributed by atoms with Gasteiger partial charge in [-0.1, -0.05) is 19.9 Å². The van der Waals surface area contributed by atoms with E-state index in [0.717, 1.165) is 27.6 Å². The Kier molecular flexibility index (Phi) is 5.03. The maximum atomic E-state index is 12.3. The number of nitrogens with zero attached hydrogens (tertiary/aromatic N) is 4. The van der Waals surface area contributed by atoms with Gasteiger partial charge >= 0.3 is 6.03 Å². The second-order valence-electron chi connectivity index (χ2n) is 6.48. The Balaban J connectivity index is 1.60. The number of amides is 2. The molecule has 1 N–H and O–H groups in total. The third-order valence-corrected chi connectivity index (χ3v) is 5.23. The molecule has 25 heavy (non-hydrogen) atoms. The summed E-state index contributed by atoms with van der Waals surface area (Å²) in [6.07, 6.45) is 3.77. The first-order valence-corrected chi connectivity index (χ1v) is 9.18. The fourth-order valence-corrected chi connectivity index (χ4v) is 3.44. The molecule has 6 nitrogen and oxygen atoms in total. The summed E-state index contributed by atoms with van der Waals surface area (Å²) in [6.45, 7) is 7.20. The van der Waals surface area contributed by atoms with Crippen LogP contribution in [0.4, 0.5) is 4.79 Å². The van der Waals surface area contributed by atoms with Gasteiger partial charge in [0.2, 0.25) is 0 Å². The smallest absolute Gasteiger partial charge is 0.317 e. The number of nitrogens with one attached hydrogen (secondary N) is 1. The second kappa shape index (κ2) is 7.23. The highest BCUT2D eigenvalue weighted by Crippen LogP contribution is 2.19. The monoisotopic (exact) mass is 357 g/mol. The second-order valence-corrected chi connectivity index (χ2v) is 7.37. The number of aryl methyl sites for hydroxylation is 1. The molecule has 0 radical (unpaired) electrons. The molecule has 0 unspecified atom stereocenters. The first kappa shape index (κ1) is 17.4. The first-order valence-electron chi connectivity index (χ1n) is 8.30. The van der Waals surface area contributed by atoms with Crippen LogP contribution in [-0.2, 0) is 13.1 Å². The molecule has 0 bridgehead atoms. The molecule has 0 aliphatic carbocycles. The standard InChI is InChI=1S/C18H23N5OS/c1-12(2)17-21-14(11-25-17)10-22(4)18(24)20-9-15-8-19-16-13(3)6-5-7-23(15)16/h5-8,11-12H,9-10H2,1-4H3,(H,20,24). The predicted molar refractivity (Wildman–Crippen MR) is 99.8 cm³/mol. The minimum Gasteiger partial charge on any atom is -0.332 e. The van der Waals surface area contributed by atoms with Crippen LogP contribution in [0.25, 0.3) is 5.65 Å². The molecule has 0 aromatic carbocycles. The van der Waals surface area contributed by atoms with Gasteiger partial charge in [-0.3, -0.25) is 0 Å². The molecule has 7 heteroatoms. The lowest BCUT2D eigenvalue weighted by molar-refractivity contribution is 0.206. The third kappa shape index (κ3) is 3.82. The molecule has 0 saturated carbocycles. The number of imidazole rings is 1. The van der Waals surface area contributed by atoms with Crippen molar-refractivity contribution in [3.8, 4) is 0 Å². The van der Waals surface area contributed by atoms with Gasteiger partial charge in [-0.15, -0.1) is 11.3 Å². The van der Waals surface area contributed by atoms with Crippen molar-refractivity contribution in [3.63, 3.8) is 0 Å². The zero-order valence-corrected chi connectivity index (χ0v) is 15.8. The number of aromatic nitrogens is 3. The largest absolute Gasteiger partial charge is 0.332 e. The maximum Gasteiger partial charge on any atom is 0.317 e. The summed E-state index contributed by atoms with van der Waals surface area (Å²) in [7, 11) is 1.78. The van der Waals surface area contributed by atoms with Crippen molar-refractivity contribution in [2.45, 2.75) is 39.8 Å². The average molecular weight is 357 g/mol. The number of carbonyl (C=O) groups excluding carboxylic acids is 1. The van der Waals surface area contributed by atoms with Crippen molar-refractivity contribution in [3.05, 3.63) is 51.9 Å². The lowest BCUT2D eigenvalue weighted by Crippen LogP contribution is -2.36. The molecule has 0 atom stereocenters. The highest BCUT2D eigenvalue weighted by molar-refractivity contribution is 7.09. The van der Waals surface area contributed by atoms with E-state index in [2.05, 4.69) is 29.1 Å². The molecule has 2 amide bonds. The highest BCUT2D eigenvalue weighted by Gasteiger charge is 2.13. The lowest BCUT2D eigenvalue weighted by Gasteiger charge is -2.16. The minimum absolute atomic E-state index is 0.123. The van der Waals surface area contributed by atoms with Gasteiger partial charge in [0, 0.05) is 24.5 Å². The Morgan fingerprint density at radius 1 is 1.44 bits per heavy atom. The van der Waals surface area contributed by atoms with E-state index in [1.807, 2.05) is 35.0 Å². The van der Waals surface area contributed by atoms with E-state index in [1.54, 1.807) is 29.5 Å². The molecule has 0 aliphatic rings. The summed E-state index contributed by atoms with van der Waals surface area (Å²) in [5.74, 6) is 0.413. The van der Waals surface area contributed by atoms with E-state index in [1.165, 1.54) is 0 Å². The molecule has 0 spiro atoms. The molecule has 0 fully saturated rings. The zero-order chi connectivity index (χ0) is 18.0. The predicted octanol–water partition coefficient (Wildman–Crippen LogP) is 3.56. The van der Waals surface area contributed by atoms with Crippen molar-refractivity contribution >= 4 is 23.0 Å². The van der Waals surface area contributed by atoms with Gasteiger partial charge in [0.15, 0.2) is 0 Å². The van der Waals surface area contributed by atoms with Gasteiger partial charge in [-0.25, -0.2) is 14.8 Å². The van der Waals surface area contributed by atoms with Gasteiger partial charge in [0.05, 0.1) is 35.7 Å². The van der Waals surface area contributed by atoms with Crippen LogP contribution in [0.5, 0.6) is 0 Å². The van der Waals surface area contributed by atoms with Crippen LogP contribution in [0.3, 0.4) is 0 Å². The average Bonchev–Trinajstić information content (AvgIpc) is 3.20. The molecular formula is C18H23N5OS. The Labute approximate surface area is 151 Å². The topological polar surface area (TPSA) is 62.5 Å². The molecule has 3 aromatic rings. The first-order chi connectivity index (χ1) is 12.0. The van der Waals surface area contributed by atoms with Crippen LogP contribution in [0.1, 0.15) is 41.7 Å². The highest BCUT2D eigenvalue weighted by atomic mass is 32.1. The van der Waals surface area contributed by atoms with Gasteiger partial charge in [0.25, 0.3) is 0 Å². The third-order valence-electron chi connectivity index (χ3n) is 4.04. The van der Waals surface area contributed by atoms with E-state index in [-0.39, 0.29) is 6.03 Å². The fraction of sp³-hybridized carbons (Fsp3) is 0.389. The van der Waals surface area contributed by atoms with Crippen LogP contribution in [-0.4, -0.2) is 32.3 Å². The number of urea groups is 1. The van der Waals surface area contributed by atoms with Crippen molar-refractivity contribution in [2.24, 2.45) is 0 Å². The molecule has 3 rings (SSSR count). The molecule has 0 aliphatic heterocycles. The van der Waals surface area contributed by atoms with Gasteiger partial charge in [0.1, 0.15) is 5.65 Å². The number of pyridine rings is 1. The Bertz CT molecular complexity index is 883. The quantitative estimate of drug-likeness (QED) is 0.759. The van der Waals surface area contributed by atoms with Crippen molar-refractivity contribution in [1.29, 1.82) is 0 Å². The summed E-state index contributed by atoms with van der Waals surface area (Å²) in [6, 6.07) is 3.88. The summed E-state index contributed by atoms with van der Waals surface area (Å²) >= 11 is 1.64. The summed E-state index contributed by atoms with van der Waals surface area (Å²) in [4.78, 5) is 23.0. The Morgan fingerprint density at radius 3 is 2.96 bits per heavy atom. The number of thiazole rings is 1.